The standard InChI is InChI=1S/C27H28N4OS/c1-19-13-20(2)25-23(14-19)15-24(26(32)30-25)18-31(17-22-9-6-11-28-16-22)27(33)29-12-10-21-7-4-3-5-8-21/h3-9,11,13-16H,10,12,17-18H2,1-2H3,(H,29,33)(H,30,32). The van der Waals surface area contributed by atoms with E-state index in [1.807, 2.05) is 54.4 Å². The maximum Gasteiger partial charge on any atom is 0.253 e. The van der Waals surface area contributed by atoms with Crippen molar-refractivity contribution in [2.24, 2.45) is 0 Å². The summed E-state index contributed by atoms with van der Waals surface area (Å²) >= 11 is 5.75. The Hall–Kier alpha value is -3.51. The van der Waals surface area contributed by atoms with E-state index in [-0.39, 0.29) is 5.56 Å². The van der Waals surface area contributed by atoms with Crippen molar-refractivity contribution in [2.75, 3.05) is 6.54 Å². The number of rotatable bonds is 7. The van der Waals surface area contributed by atoms with Crippen molar-refractivity contribution in [3.63, 3.8) is 0 Å². The largest absolute Gasteiger partial charge is 0.362 e. The molecule has 0 fully saturated rings. The fraction of sp³-hybridized carbons (Fsp3) is 0.222. The Bertz CT molecular complexity index is 1300. The van der Waals surface area contributed by atoms with Crippen molar-refractivity contribution in [1.82, 2.24) is 20.2 Å². The van der Waals surface area contributed by atoms with E-state index in [1.54, 1.807) is 6.20 Å². The van der Waals surface area contributed by atoms with Gasteiger partial charge in [0.05, 0.1) is 12.1 Å². The number of hydrogen-bond acceptors (Lipinski definition) is 3. The topological polar surface area (TPSA) is 61.0 Å². The molecule has 0 amide bonds. The number of aryl methyl sites for hydroxylation is 2. The van der Waals surface area contributed by atoms with Crippen LogP contribution in [0.2, 0.25) is 0 Å². The van der Waals surface area contributed by atoms with Crippen LogP contribution in [0.5, 0.6) is 0 Å². The number of benzene rings is 2. The van der Waals surface area contributed by atoms with Crippen LogP contribution in [0.1, 0.15) is 27.8 Å². The SMILES string of the molecule is Cc1cc(C)c2[nH]c(=O)c(CN(Cc3cccnc3)C(=S)NCCc3ccccc3)cc2c1. The molecule has 0 aliphatic heterocycles. The average Bonchev–Trinajstić information content (AvgIpc) is 2.81. The van der Waals surface area contributed by atoms with E-state index in [1.165, 1.54) is 11.1 Å². The first-order chi connectivity index (χ1) is 16.0. The second-order valence-electron chi connectivity index (χ2n) is 8.35. The Morgan fingerprint density at radius 3 is 2.58 bits per heavy atom. The van der Waals surface area contributed by atoms with Crippen LogP contribution in [-0.2, 0) is 19.5 Å². The molecule has 2 heterocycles. The number of aromatic nitrogens is 2. The number of nitrogens with zero attached hydrogens (tertiary/aromatic N) is 2. The molecule has 2 aromatic carbocycles. The third kappa shape index (κ3) is 5.84. The van der Waals surface area contributed by atoms with Gasteiger partial charge < -0.3 is 15.2 Å². The van der Waals surface area contributed by atoms with Crippen molar-refractivity contribution < 1.29 is 0 Å². The van der Waals surface area contributed by atoms with Gasteiger partial charge in [-0.25, -0.2) is 0 Å². The summed E-state index contributed by atoms with van der Waals surface area (Å²) in [6.45, 7) is 5.78. The molecule has 0 aliphatic carbocycles. The Labute approximate surface area is 199 Å². The zero-order chi connectivity index (χ0) is 23.2. The van der Waals surface area contributed by atoms with Crippen molar-refractivity contribution in [3.05, 3.63) is 111 Å². The number of nitrogens with one attached hydrogen (secondary N) is 2. The maximum atomic E-state index is 12.9. The van der Waals surface area contributed by atoms with Crippen molar-refractivity contribution >= 4 is 28.2 Å². The predicted octanol–water partition coefficient (Wildman–Crippen LogP) is 4.66. The highest BCUT2D eigenvalue weighted by molar-refractivity contribution is 7.80. The smallest absolute Gasteiger partial charge is 0.253 e. The highest BCUT2D eigenvalue weighted by Gasteiger charge is 2.15. The molecular weight excluding hydrogens is 428 g/mol. The third-order valence-electron chi connectivity index (χ3n) is 5.65. The first-order valence-electron chi connectivity index (χ1n) is 11.1. The first kappa shape index (κ1) is 22.7. The molecule has 0 saturated heterocycles. The van der Waals surface area contributed by atoms with Gasteiger partial charge in [-0.1, -0.05) is 48.0 Å². The zero-order valence-corrected chi connectivity index (χ0v) is 19.8. The molecule has 5 nitrogen and oxygen atoms in total. The van der Waals surface area contributed by atoms with Crippen molar-refractivity contribution in [3.8, 4) is 0 Å². The van der Waals surface area contributed by atoms with Crippen LogP contribution in [0.15, 0.2) is 77.9 Å². The van der Waals surface area contributed by atoms with E-state index in [0.29, 0.717) is 23.8 Å². The third-order valence-corrected chi connectivity index (χ3v) is 6.05. The average molecular weight is 457 g/mol. The van der Waals surface area contributed by atoms with Crippen LogP contribution in [0.25, 0.3) is 10.9 Å². The number of pyridine rings is 2. The molecule has 4 rings (SSSR count). The van der Waals surface area contributed by atoms with Crippen LogP contribution in [0.4, 0.5) is 0 Å². The van der Waals surface area contributed by atoms with Crippen LogP contribution >= 0.6 is 12.2 Å². The molecule has 0 aliphatic rings. The Morgan fingerprint density at radius 2 is 1.82 bits per heavy atom. The van der Waals surface area contributed by atoms with Gasteiger partial charge in [-0.2, -0.15) is 0 Å². The van der Waals surface area contributed by atoms with Gasteiger partial charge in [-0.15, -0.1) is 0 Å². The number of thiocarbonyl (C=S) groups is 1. The molecule has 0 bridgehead atoms. The summed E-state index contributed by atoms with van der Waals surface area (Å²) in [4.78, 5) is 22.2. The van der Waals surface area contributed by atoms with Gasteiger partial charge in [-0.3, -0.25) is 9.78 Å². The molecule has 0 radical (unpaired) electrons. The van der Waals surface area contributed by atoms with Gasteiger partial charge in [0.25, 0.3) is 5.56 Å². The first-order valence-corrected chi connectivity index (χ1v) is 11.5. The van der Waals surface area contributed by atoms with Gasteiger partial charge in [0, 0.05) is 31.0 Å². The minimum absolute atomic E-state index is 0.0854. The van der Waals surface area contributed by atoms with E-state index < -0.39 is 0 Å². The minimum atomic E-state index is -0.0854. The highest BCUT2D eigenvalue weighted by atomic mass is 32.1. The number of fused-ring (bicyclic) bond motifs is 1. The van der Waals surface area contributed by atoms with Gasteiger partial charge in [-0.05, 0) is 72.8 Å². The summed E-state index contributed by atoms with van der Waals surface area (Å²) in [5, 5.41) is 5.03. The molecule has 0 spiro atoms. The summed E-state index contributed by atoms with van der Waals surface area (Å²) in [5.41, 5.74) is 6.01. The van der Waals surface area contributed by atoms with E-state index >= 15 is 0 Å². The van der Waals surface area contributed by atoms with Crippen LogP contribution in [0.3, 0.4) is 0 Å². The summed E-state index contributed by atoms with van der Waals surface area (Å²) < 4.78 is 0. The summed E-state index contributed by atoms with van der Waals surface area (Å²) in [6, 6.07) is 20.4. The second kappa shape index (κ2) is 10.4. The fourth-order valence-electron chi connectivity index (χ4n) is 4.04. The number of aromatic amines is 1. The summed E-state index contributed by atoms with van der Waals surface area (Å²) in [5.74, 6) is 0. The lowest BCUT2D eigenvalue weighted by molar-refractivity contribution is 0.397. The van der Waals surface area contributed by atoms with Crippen LogP contribution in [0, 0.1) is 13.8 Å². The second-order valence-corrected chi connectivity index (χ2v) is 8.74. The molecular formula is C27H28N4OS. The lowest BCUT2D eigenvalue weighted by Crippen LogP contribution is -2.40. The minimum Gasteiger partial charge on any atom is -0.362 e. The van der Waals surface area contributed by atoms with Gasteiger partial charge in [0.2, 0.25) is 0 Å². The molecule has 0 unspecified atom stereocenters. The van der Waals surface area contributed by atoms with Gasteiger partial charge in [0.1, 0.15) is 0 Å². The van der Waals surface area contributed by atoms with E-state index in [4.69, 9.17) is 12.2 Å². The number of H-pyrrole nitrogens is 1. The maximum absolute atomic E-state index is 12.9. The van der Waals surface area contributed by atoms with Gasteiger partial charge >= 0.3 is 0 Å². The van der Waals surface area contributed by atoms with Crippen LogP contribution in [-0.4, -0.2) is 26.5 Å². The van der Waals surface area contributed by atoms with E-state index in [0.717, 1.165) is 35.0 Å². The molecule has 4 aromatic rings. The fourth-order valence-corrected chi connectivity index (χ4v) is 4.27. The quantitative estimate of drug-likeness (QED) is 0.396. The monoisotopic (exact) mass is 456 g/mol. The Balaban J connectivity index is 1.56. The number of hydrogen-bond donors (Lipinski definition) is 2. The van der Waals surface area contributed by atoms with E-state index in [2.05, 4.69) is 46.5 Å². The Kier molecular flexibility index (Phi) is 7.15. The lowest BCUT2D eigenvalue weighted by atomic mass is 10.1. The van der Waals surface area contributed by atoms with Crippen LogP contribution < -0.4 is 10.9 Å². The molecule has 168 valence electrons. The molecule has 6 heteroatoms. The highest BCUT2D eigenvalue weighted by Crippen LogP contribution is 2.19. The van der Waals surface area contributed by atoms with Gasteiger partial charge in [0.15, 0.2) is 5.11 Å². The molecule has 0 atom stereocenters. The summed E-state index contributed by atoms with van der Waals surface area (Å²) in [6.07, 6.45) is 4.46. The zero-order valence-electron chi connectivity index (χ0n) is 19.0. The van der Waals surface area contributed by atoms with E-state index in [9.17, 15) is 4.79 Å². The Morgan fingerprint density at radius 1 is 1.03 bits per heavy atom. The lowest BCUT2D eigenvalue weighted by Gasteiger charge is -2.26. The molecule has 2 aromatic heterocycles. The van der Waals surface area contributed by atoms with Crippen molar-refractivity contribution in [2.45, 2.75) is 33.4 Å². The molecule has 33 heavy (non-hydrogen) atoms. The summed E-state index contributed by atoms with van der Waals surface area (Å²) in [7, 11) is 0. The van der Waals surface area contributed by atoms with Crippen molar-refractivity contribution in [1.29, 1.82) is 0 Å². The normalized spacial score (nSPS) is 10.8. The predicted molar refractivity (Wildman–Crippen MR) is 138 cm³/mol. The molecule has 2 N–H and O–H groups in total. The molecule has 0 saturated carbocycles.